The molecule has 1 aliphatic heterocycles. The predicted molar refractivity (Wildman–Crippen MR) is 92.7 cm³/mol. The van der Waals surface area contributed by atoms with Gasteiger partial charge in [-0.05, 0) is 37.0 Å². The number of hydrogen-bond donors (Lipinski definition) is 1. The van der Waals surface area contributed by atoms with Crippen LogP contribution in [0, 0.1) is 5.82 Å². The summed E-state index contributed by atoms with van der Waals surface area (Å²) in [7, 11) is 0. The van der Waals surface area contributed by atoms with E-state index < -0.39 is 0 Å². The Morgan fingerprint density at radius 3 is 3.00 bits per heavy atom. The van der Waals surface area contributed by atoms with Crippen LogP contribution in [0.4, 0.5) is 4.39 Å². The molecule has 1 N–H and O–H groups in total. The van der Waals surface area contributed by atoms with E-state index in [0.29, 0.717) is 24.6 Å². The van der Waals surface area contributed by atoms with Crippen molar-refractivity contribution in [2.24, 2.45) is 0 Å². The van der Waals surface area contributed by atoms with Gasteiger partial charge in [-0.15, -0.1) is 0 Å². The van der Waals surface area contributed by atoms with E-state index in [1.807, 2.05) is 6.07 Å². The first-order chi connectivity index (χ1) is 12.5. The summed E-state index contributed by atoms with van der Waals surface area (Å²) in [6.45, 7) is 1.97. The number of halogens is 1. The van der Waals surface area contributed by atoms with E-state index in [0.717, 1.165) is 24.8 Å². The first kappa shape index (κ1) is 18.1. The highest BCUT2D eigenvalue weighted by atomic mass is 19.1. The van der Waals surface area contributed by atoms with Crippen molar-refractivity contribution in [1.82, 2.24) is 15.2 Å². The second-order valence-corrected chi connectivity index (χ2v) is 6.48. The van der Waals surface area contributed by atoms with Gasteiger partial charge in [0, 0.05) is 19.9 Å². The highest BCUT2D eigenvalue weighted by molar-refractivity contribution is 5.84. The molecule has 1 atom stereocenters. The Kier molecular flexibility index (Phi) is 5.65. The highest BCUT2D eigenvalue weighted by Crippen LogP contribution is 2.31. The van der Waals surface area contributed by atoms with E-state index in [-0.39, 0.29) is 30.2 Å². The second kappa shape index (κ2) is 8.12. The maximum atomic E-state index is 13.3. The molecule has 1 saturated heterocycles. The largest absolute Gasteiger partial charge is 0.443 e. The fraction of sp³-hybridized carbons (Fsp3) is 0.421. The Hall–Kier alpha value is -2.70. The molecule has 6 nitrogen and oxygen atoms in total. The molecule has 0 radical (unpaired) electrons. The number of aromatic nitrogens is 1. The molecular weight excluding hydrogens is 337 g/mol. The zero-order chi connectivity index (χ0) is 18.5. The molecule has 26 heavy (non-hydrogen) atoms. The monoisotopic (exact) mass is 359 g/mol. The van der Waals surface area contributed by atoms with Crippen LogP contribution in [0.3, 0.4) is 0 Å². The number of nitrogens with one attached hydrogen (secondary N) is 1. The van der Waals surface area contributed by atoms with Gasteiger partial charge in [0.05, 0.1) is 12.7 Å². The molecule has 0 bridgehead atoms. The molecular formula is C19H22FN3O3. The molecule has 138 valence electrons. The number of oxazole rings is 1. The van der Waals surface area contributed by atoms with Gasteiger partial charge in [-0.2, -0.15) is 0 Å². The Morgan fingerprint density at radius 1 is 1.38 bits per heavy atom. The number of carbonyl (C=O) groups is 2. The van der Waals surface area contributed by atoms with Gasteiger partial charge in [-0.3, -0.25) is 9.59 Å². The van der Waals surface area contributed by atoms with Crippen molar-refractivity contribution in [2.75, 3.05) is 13.1 Å². The first-order valence-electron chi connectivity index (χ1n) is 8.76. The average Bonchev–Trinajstić information content (AvgIpc) is 3.08. The van der Waals surface area contributed by atoms with Gasteiger partial charge in [-0.1, -0.05) is 12.1 Å². The van der Waals surface area contributed by atoms with Gasteiger partial charge in [0.15, 0.2) is 0 Å². The molecule has 1 fully saturated rings. The van der Waals surface area contributed by atoms with Crippen LogP contribution < -0.4 is 5.32 Å². The molecule has 1 aromatic heterocycles. The number of piperidine rings is 1. The van der Waals surface area contributed by atoms with Gasteiger partial charge in [0.1, 0.15) is 17.6 Å². The Morgan fingerprint density at radius 2 is 2.23 bits per heavy atom. The number of carbonyl (C=O) groups excluding carboxylic acids is 2. The Bertz CT molecular complexity index is 790. The van der Waals surface area contributed by atoms with Gasteiger partial charge in [-0.25, -0.2) is 9.37 Å². The van der Waals surface area contributed by atoms with Gasteiger partial charge in [0.2, 0.25) is 17.7 Å². The van der Waals surface area contributed by atoms with E-state index in [1.54, 1.807) is 17.2 Å². The van der Waals surface area contributed by atoms with Crippen LogP contribution in [0.25, 0.3) is 0 Å². The summed E-state index contributed by atoms with van der Waals surface area (Å²) >= 11 is 0. The number of rotatable bonds is 5. The lowest BCUT2D eigenvalue weighted by atomic mass is 10.0. The van der Waals surface area contributed by atoms with Crippen molar-refractivity contribution in [3.8, 4) is 0 Å². The number of likely N-dealkylation sites (tertiary alicyclic amines) is 1. The van der Waals surface area contributed by atoms with Crippen molar-refractivity contribution in [1.29, 1.82) is 0 Å². The summed E-state index contributed by atoms with van der Waals surface area (Å²) in [6.07, 6.45) is 4.74. The minimum atomic E-state index is -0.288. The van der Waals surface area contributed by atoms with Crippen LogP contribution in [-0.2, 0) is 16.0 Å². The SMILES string of the molecule is CC(=O)NCC(=O)N1CCCC[C@H]1c1ncc(Cc2cccc(F)c2)o1. The molecule has 0 spiro atoms. The van der Waals surface area contributed by atoms with Crippen LogP contribution in [-0.4, -0.2) is 34.8 Å². The highest BCUT2D eigenvalue weighted by Gasteiger charge is 2.31. The molecule has 0 saturated carbocycles. The fourth-order valence-corrected chi connectivity index (χ4v) is 3.19. The van der Waals surface area contributed by atoms with Crippen molar-refractivity contribution in [2.45, 2.75) is 38.6 Å². The summed E-state index contributed by atoms with van der Waals surface area (Å²) < 4.78 is 19.2. The van der Waals surface area contributed by atoms with Crippen molar-refractivity contribution < 1.29 is 18.4 Å². The second-order valence-electron chi connectivity index (χ2n) is 6.48. The maximum absolute atomic E-state index is 13.3. The van der Waals surface area contributed by atoms with Crippen LogP contribution in [0.5, 0.6) is 0 Å². The minimum Gasteiger partial charge on any atom is -0.443 e. The average molecular weight is 359 g/mol. The van der Waals surface area contributed by atoms with E-state index in [1.165, 1.54) is 19.1 Å². The minimum absolute atomic E-state index is 0.0251. The molecule has 1 aromatic carbocycles. The van der Waals surface area contributed by atoms with E-state index >= 15 is 0 Å². The number of nitrogens with zero attached hydrogens (tertiary/aromatic N) is 2. The fourth-order valence-electron chi connectivity index (χ4n) is 3.19. The summed E-state index contributed by atoms with van der Waals surface area (Å²) in [5.41, 5.74) is 0.801. The third kappa shape index (κ3) is 4.47. The van der Waals surface area contributed by atoms with Crippen LogP contribution in [0.1, 0.15) is 49.4 Å². The lowest BCUT2D eigenvalue weighted by Crippen LogP contribution is -2.44. The zero-order valence-corrected chi connectivity index (χ0v) is 14.7. The van der Waals surface area contributed by atoms with E-state index in [2.05, 4.69) is 10.3 Å². The van der Waals surface area contributed by atoms with Crippen molar-refractivity contribution in [3.63, 3.8) is 0 Å². The molecule has 0 aliphatic carbocycles. The summed E-state index contributed by atoms with van der Waals surface area (Å²) in [6, 6.07) is 6.12. The lowest BCUT2D eigenvalue weighted by molar-refractivity contribution is -0.136. The Labute approximate surface area is 151 Å². The molecule has 1 aliphatic rings. The van der Waals surface area contributed by atoms with Crippen LogP contribution in [0.15, 0.2) is 34.9 Å². The maximum Gasteiger partial charge on any atom is 0.242 e. The lowest BCUT2D eigenvalue weighted by Gasteiger charge is -2.33. The van der Waals surface area contributed by atoms with Crippen molar-refractivity contribution >= 4 is 11.8 Å². The Balaban J connectivity index is 1.71. The molecule has 0 unspecified atom stereocenters. The molecule has 2 amide bonds. The molecule has 7 heteroatoms. The van der Waals surface area contributed by atoms with Crippen LogP contribution >= 0.6 is 0 Å². The molecule has 3 rings (SSSR count). The molecule has 2 aromatic rings. The number of benzene rings is 1. The first-order valence-corrected chi connectivity index (χ1v) is 8.76. The topological polar surface area (TPSA) is 75.4 Å². The standard InChI is InChI=1S/C19H22FN3O3/c1-13(24)21-12-18(25)23-8-3-2-7-17(23)19-22-11-16(26-19)10-14-5-4-6-15(20)9-14/h4-6,9,11,17H,2-3,7-8,10,12H2,1H3,(H,21,24)/t17-/m0/s1. The van der Waals surface area contributed by atoms with Crippen LogP contribution in [0.2, 0.25) is 0 Å². The predicted octanol–water partition coefficient (Wildman–Crippen LogP) is 2.59. The van der Waals surface area contributed by atoms with E-state index in [9.17, 15) is 14.0 Å². The van der Waals surface area contributed by atoms with Gasteiger partial charge >= 0.3 is 0 Å². The normalized spacial score (nSPS) is 17.2. The zero-order valence-electron chi connectivity index (χ0n) is 14.7. The van der Waals surface area contributed by atoms with Gasteiger partial charge < -0.3 is 14.6 Å². The van der Waals surface area contributed by atoms with Gasteiger partial charge in [0.25, 0.3) is 0 Å². The number of amides is 2. The third-order valence-electron chi connectivity index (χ3n) is 4.44. The van der Waals surface area contributed by atoms with E-state index in [4.69, 9.17) is 4.42 Å². The van der Waals surface area contributed by atoms with Crippen molar-refractivity contribution in [3.05, 3.63) is 53.5 Å². The number of hydrogen-bond acceptors (Lipinski definition) is 4. The summed E-state index contributed by atoms with van der Waals surface area (Å²) in [5, 5.41) is 2.54. The smallest absolute Gasteiger partial charge is 0.242 e. The summed E-state index contributed by atoms with van der Waals surface area (Å²) in [4.78, 5) is 29.5. The quantitative estimate of drug-likeness (QED) is 0.890. The molecule has 2 heterocycles. The summed E-state index contributed by atoms with van der Waals surface area (Å²) in [5.74, 6) is 0.456. The third-order valence-corrected chi connectivity index (χ3v) is 4.44.